The molecule has 0 spiro atoms. The second-order valence-corrected chi connectivity index (χ2v) is 6.65. The van der Waals surface area contributed by atoms with Gasteiger partial charge in [-0.1, -0.05) is 60.5 Å². The van der Waals surface area contributed by atoms with Crippen LogP contribution in [0.25, 0.3) is 0 Å². The molecule has 1 aliphatic rings. The highest BCUT2D eigenvalue weighted by molar-refractivity contribution is 6.42. The molecule has 1 N–H and O–H groups in total. The number of nitrogens with one attached hydrogen (secondary N) is 1. The highest BCUT2D eigenvalue weighted by Gasteiger charge is 2.25. The third-order valence-corrected chi connectivity index (χ3v) is 4.88. The molecule has 0 radical (unpaired) electrons. The van der Waals surface area contributed by atoms with Gasteiger partial charge < -0.3 is 5.32 Å². The lowest BCUT2D eigenvalue weighted by Gasteiger charge is -2.30. The summed E-state index contributed by atoms with van der Waals surface area (Å²) >= 11 is 12.2. The van der Waals surface area contributed by atoms with Gasteiger partial charge in [-0.3, -0.25) is 0 Å². The maximum Gasteiger partial charge on any atom is 0.0595 e. The standard InChI is InChI=1S/C17H16Cl2.C2H7N/c1-11-6-8-14(15-5-3-2-4-13(11)15)12-7-9-16(18)17(19)10-12;1-3-2/h2-5,7,9-11,14H,6,8H2,1H3;3H,1-2H3. The van der Waals surface area contributed by atoms with Crippen LogP contribution in [0, 0.1) is 0 Å². The van der Waals surface area contributed by atoms with E-state index in [0.717, 1.165) is 0 Å². The highest BCUT2D eigenvalue weighted by Crippen LogP contribution is 2.42. The molecule has 0 fully saturated rings. The minimum Gasteiger partial charge on any atom is -0.323 e. The number of fused-ring (bicyclic) bond motifs is 1. The summed E-state index contributed by atoms with van der Waals surface area (Å²) < 4.78 is 0. The molecule has 2 aromatic rings. The van der Waals surface area contributed by atoms with Crippen molar-refractivity contribution in [1.82, 2.24) is 5.32 Å². The Kier molecular flexibility index (Phi) is 6.31. The van der Waals surface area contributed by atoms with E-state index >= 15 is 0 Å². The number of rotatable bonds is 1. The summed E-state index contributed by atoms with van der Waals surface area (Å²) in [5.41, 5.74) is 4.19. The Bertz CT molecular complexity index is 625. The van der Waals surface area contributed by atoms with Crippen molar-refractivity contribution in [3.63, 3.8) is 0 Å². The molecule has 1 aliphatic carbocycles. The van der Waals surface area contributed by atoms with Crippen LogP contribution < -0.4 is 5.32 Å². The lowest BCUT2D eigenvalue weighted by atomic mass is 9.75. The van der Waals surface area contributed by atoms with Crippen molar-refractivity contribution in [1.29, 1.82) is 0 Å². The Labute approximate surface area is 143 Å². The van der Waals surface area contributed by atoms with Gasteiger partial charge in [0.2, 0.25) is 0 Å². The quantitative estimate of drug-likeness (QED) is 0.688. The van der Waals surface area contributed by atoms with Crippen LogP contribution in [0.15, 0.2) is 42.5 Å². The summed E-state index contributed by atoms with van der Waals surface area (Å²) in [6.07, 6.45) is 2.40. The molecule has 22 heavy (non-hydrogen) atoms. The van der Waals surface area contributed by atoms with E-state index in [9.17, 15) is 0 Å². The van der Waals surface area contributed by atoms with E-state index in [-0.39, 0.29) is 0 Å². The topological polar surface area (TPSA) is 12.0 Å². The zero-order valence-electron chi connectivity index (χ0n) is 13.4. The second kappa shape index (κ2) is 8.01. The van der Waals surface area contributed by atoms with Gasteiger partial charge in [-0.2, -0.15) is 0 Å². The fraction of sp³-hybridized carbons (Fsp3) is 0.368. The van der Waals surface area contributed by atoms with Gasteiger partial charge >= 0.3 is 0 Å². The van der Waals surface area contributed by atoms with Crippen LogP contribution in [-0.2, 0) is 0 Å². The summed E-state index contributed by atoms with van der Waals surface area (Å²) in [5, 5.41) is 4.03. The highest BCUT2D eigenvalue weighted by atomic mass is 35.5. The molecule has 0 heterocycles. The average molecular weight is 336 g/mol. The van der Waals surface area contributed by atoms with E-state index in [1.165, 1.54) is 29.5 Å². The lowest BCUT2D eigenvalue weighted by molar-refractivity contribution is 0.545. The molecular weight excluding hydrogens is 313 g/mol. The monoisotopic (exact) mass is 335 g/mol. The molecule has 2 unspecified atom stereocenters. The molecule has 0 amide bonds. The largest absolute Gasteiger partial charge is 0.323 e. The van der Waals surface area contributed by atoms with E-state index in [1.807, 2.05) is 26.2 Å². The molecule has 3 rings (SSSR count). The first kappa shape index (κ1) is 17.3. The first-order chi connectivity index (χ1) is 10.6. The molecule has 1 nitrogen and oxygen atoms in total. The van der Waals surface area contributed by atoms with Crippen molar-refractivity contribution in [2.45, 2.75) is 31.6 Å². The van der Waals surface area contributed by atoms with Crippen LogP contribution >= 0.6 is 23.2 Å². The zero-order valence-corrected chi connectivity index (χ0v) is 14.9. The summed E-state index contributed by atoms with van der Waals surface area (Å²) in [4.78, 5) is 0. The third kappa shape index (κ3) is 3.84. The van der Waals surface area contributed by atoms with E-state index < -0.39 is 0 Å². The molecule has 0 aliphatic heterocycles. The van der Waals surface area contributed by atoms with Crippen LogP contribution in [0.4, 0.5) is 0 Å². The fourth-order valence-electron chi connectivity index (χ4n) is 3.08. The molecule has 0 aromatic heterocycles. The minimum atomic E-state index is 0.446. The van der Waals surface area contributed by atoms with Gasteiger partial charge in [-0.15, -0.1) is 0 Å². The number of benzene rings is 2. The number of hydrogen-bond acceptors (Lipinski definition) is 1. The van der Waals surface area contributed by atoms with Crippen molar-refractivity contribution in [2.24, 2.45) is 0 Å². The van der Waals surface area contributed by atoms with Gasteiger partial charge in [0.05, 0.1) is 10.0 Å². The van der Waals surface area contributed by atoms with Crippen LogP contribution in [0.2, 0.25) is 10.0 Å². The van der Waals surface area contributed by atoms with Gasteiger partial charge in [-0.25, -0.2) is 0 Å². The maximum absolute atomic E-state index is 6.16. The van der Waals surface area contributed by atoms with Gasteiger partial charge in [-0.05, 0) is 61.7 Å². The molecule has 2 aromatic carbocycles. The van der Waals surface area contributed by atoms with E-state index in [4.69, 9.17) is 23.2 Å². The number of hydrogen-bond donors (Lipinski definition) is 1. The zero-order chi connectivity index (χ0) is 16.1. The predicted molar refractivity (Wildman–Crippen MR) is 97.4 cm³/mol. The SMILES string of the molecule is CC1CCC(c2ccc(Cl)c(Cl)c2)c2ccccc21.CNC. The molecule has 0 saturated heterocycles. The fourth-order valence-corrected chi connectivity index (χ4v) is 3.39. The summed E-state index contributed by atoms with van der Waals surface area (Å²) in [6, 6.07) is 14.8. The molecule has 2 atom stereocenters. The van der Waals surface area contributed by atoms with Crippen molar-refractivity contribution in [3.05, 3.63) is 69.2 Å². The maximum atomic E-state index is 6.16. The van der Waals surface area contributed by atoms with E-state index in [0.29, 0.717) is 21.9 Å². The first-order valence-electron chi connectivity index (χ1n) is 7.70. The van der Waals surface area contributed by atoms with Crippen molar-refractivity contribution in [3.8, 4) is 0 Å². The summed E-state index contributed by atoms with van der Waals surface area (Å²) in [6.45, 7) is 2.31. The average Bonchev–Trinajstić information content (AvgIpc) is 2.52. The Hall–Kier alpha value is -1.02. The smallest absolute Gasteiger partial charge is 0.0595 e. The van der Waals surface area contributed by atoms with Crippen LogP contribution in [0.3, 0.4) is 0 Å². The van der Waals surface area contributed by atoms with Crippen LogP contribution in [-0.4, -0.2) is 14.1 Å². The number of halogens is 2. The van der Waals surface area contributed by atoms with Crippen LogP contribution in [0.1, 0.15) is 48.3 Å². The third-order valence-electron chi connectivity index (χ3n) is 4.14. The summed E-state index contributed by atoms with van der Waals surface area (Å²) in [5.74, 6) is 1.09. The van der Waals surface area contributed by atoms with Crippen molar-refractivity contribution >= 4 is 23.2 Å². The molecular formula is C19H23Cl2N. The predicted octanol–water partition coefficient (Wildman–Crippen LogP) is 5.86. The molecule has 118 valence electrons. The van der Waals surface area contributed by atoms with Gasteiger partial charge in [0.25, 0.3) is 0 Å². The van der Waals surface area contributed by atoms with Crippen molar-refractivity contribution in [2.75, 3.05) is 14.1 Å². The van der Waals surface area contributed by atoms with E-state index in [1.54, 1.807) is 0 Å². The molecule has 0 bridgehead atoms. The summed E-state index contributed by atoms with van der Waals surface area (Å²) in [7, 11) is 3.75. The van der Waals surface area contributed by atoms with E-state index in [2.05, 4.69) is 42.6 Å². The Balaban J connectivity index is 0.000000545. The lowest BCUT2D eigenvalue weighted by Crippen LogP contribution is -2.13. The van der Waals surface area contributed by atoms with Gasteiger partial charge in [0.15, 0.2) is 0 Å². The second-order valence-electron chi connectivity index (χ2n) is 5.83. The van der Waals surface area contributed by atoms with Gasteiger partial charge in [0, 0.05) is 5.92 Å². The van der Waals surface area contributed by atoms with Gasteiger partial charge in [0.1, 0.15) is 0 Å². The Morgan fingerprint density at radius 1 is 0.909 bits per heavy atom. The van der Waals surface area contributed by atoms with Crippen LogP contribution in [0.5, 0.6) is 0 Å². The van der Waals surface area contributed by atoms with Crippen molar-refractivity contribution < 1.29 is 0 Å². The normalized spacial score (nSPS) is 19.9. The minimum absolute atomic E-state index is 0.446. The Morgan fingerprint density at radius 2 is 1.55 bits per heavy atom. The Morgan fingerprint density at radius 3 is 2.18 bits per heavy atom. The molecule has 3 heteroatoms. The molecule has 0 saturated carbocycles. The first-order valence-corrected chi connectivity index (χ1v) is 8.46.